The Bertz CT molecular complexity index is 1510. The van der Waals surface area contributed by atoms with Gasteiger partial charge in [0.2, 0.25) is 0 Å². The highest BCUT2D eigenvalue weighted by atomic mass is 19.1. The maximum absolute atomic E-state index is 13.5. The molecule has 6 rings (SSSR count). The van der Waals surface area contributed by atoms with Gasteiger partial charge in [-0.1, -0.05) is 36.9 Å². The number of carbonyl (C=O) groups is 1. The normalized spacial score (nSPS) is 19.5. The Balaban J connectivity index is 1.29. The van der Waals surface area contributed by atoms with Crippen LogP contribution < -0.4 is 14.5 Å². The smallest absolute Gasteiger partial charge is 0.318 e. The van der Waals surface area contributed by atoms with Crippen LogP contribution in [0.3, 0.4) is 0 Å². The standard InChI is InChI=1S/C33H41FN6O2/c1-22-8-6-9-24-10-7-11-28(29(22)24)39-14-13-26-27(20-39)35-32(42-21-25-12-15-40(25)33(3,4)5)36-30(26)37-16-18-38(19-17-37)31(41)23(2)34/h6-11,25H,2,12-21H2,1,3-5H3. The van der Waals surface area contributed by atoms with E-state index in [1.54, 1.807) is 0 Å². The third-order valence-corrected chi connectivity index (χ3v) is 8.96. The Morgan fingerprint density at radius 2 is 1.76 bits per heavy atom. The number of benzene rings is 2. The molecule has 1 unspecified atom stereocenters. The lowest BCUT2D eigenvalue weighted by Gasteiger charge is -2.49. The summed E-state index contributed by atoms with van der Waals surface area (Å²) in [5, 5.41) is 2.51. The first-order valence-corrected chi connectivity index (χ1v) is 15.0. The summed E-state index contributed by atoms with van der Waals surface area (Å²) in [6.07, 6.45) is 1.90. The number of nitrogens with zero attached hydrogens (tertiary/aromatic N) is 6. The summed E-state index contributed by atoms with van der Waals surface area (Å²) >= 11 is 0. The highest BCUT2D eigenvalue weighted by Crippen LogP contribution is 2.36. The number of carbonyl (C=O) groups excluding carboxylic acids is 1. The van der Waals surface area contributed by atoms with Gasteiger partial charge in [0.15, 0.2) is 5.83 Å². The van der Waals surface area contributed by atoms with Crippen LogP contribution >= 0.6 is 0 Å². The summed E-state index contributed by atoms with van der Waals surface area (Å²) in [5.41, 5.74) is 4.67. The van der Waals surface area contributed by atoms with Crippen molar-refractivity contribution in [3.8, 4) is 6.01 Å². The van der Waals surface area contributed by atoms with Gasteiger partial charge in [-0.2, -0.15) is 9.97 Å². The van der Waals surface area contributed by atoms with Crippen LogP contribution in [0, 0.1) is 6.92 Å². The van der Waals surface area contributed by atoms with E-state index in [0.29, 0.717) is 51.4 Å². The SMILES string of the molecule is C=C(F)C(=O)N1CCN(c2nc(OCC3CCN3C(C)(C)C)nc3c2CCN(c2cccc4cccc(C)c24)C3)CC1. The summed E-state index contributed by atoms with van der Waals surface area (Å²) in [6.45, 7) is 17.1. The van der Waals surface area contributed by atoms with Crippen LogP contribution in [0.25, 0.3) is 10.8 Å². The number of hydrogen-bond donors (Lipinski definition) is 0. The molecule has 0 bridgehead atoms. The maximum atomic E-state index is 13.5. The lowest BCUT2D eigenvalue weighted by molar-refractivity contribution is -0.128. The van der Waals surface area contributed by atoms with Crippen LogP contribution in [0.15, 0.2) is 48.8 Å². The molecule has 0 radical (unpaired) electrons. The lowest BCUT2D eigenvalue weighted by Crippen LogP contribution is -2.59. The van der Waals surface area contributed by atoms with E-state index in [0.717, 1.165) is 43.0 Å². The maximum Gasteiger partial charge on any atom is 0.318 e. The molecule has 1 atom stereocenters. The van der Waals surface area contributed by atoms with Gasteiger partial charge in [0.1, 0.15) is 12.4 Å². The predicted octanol–water partition coefficient (Wildman–Crippen LogP) is 4.88. The van der Waals surface area contributed by atoms with Gasteiger partial charge in [0, 0.05) is 67.5 Å². The molecule has 3 aliphatic heterocycles. The second kappa shape index (κ2) is 11.2. The molecule has 3 aromatic rings. The van der Waals surface area contributed by atoms with Crippen molar-refractivity contribution in [3.05, 3.63) is 65.6 Å². The van der Waals surface area contributed by atoms with Crippen LogP contribution in [0.5, 0.6) is 6.01 Å². The highest BCUT2D eigenvalue weighted by molar-refractivity contribution is 5.97. The number of ether oxygens (including phenoxy) is 1. The highest BCUT2D eigenvalue weighted by Gasteiger charge is 2.37. The van der Waals surface area contributed by atoms with E-state index in [9.17, 15) is 9.18 Å². The zero-order valence-corrected chi connectivity index (χ0v) is 25.2. The molecule has 0 saturated carbocycles. The molecule has 0 aliphatic carbocycles. The van der Waals surface area contributed by atoms with Crippen LogP contribution in [0.4, 0.5) is 15.9 Å². The Morgan fingerprint density at radius 3 is 2.43 bits per heavy atom. The van der Waals surface area contributed by atoms with Crippen molar-refractivity contribution < 1.29 is 13.9 Å². The number of likely N-dealkylation sites (tertiary alicyclic amines) is 1. The minimum Gasteiger partial charge on any atom is -0.462 e. The zero-order valence-electron chi connectivity index (χ0n) is 25.2. The van der Waals surface area contributed by atoms with E-state index in [1.807, 2.05) is 0 Å². The van der Waals surface area contributed by atoms with Crippen molar-refractivity contribution in [3.63, 3.8) is 0 Å². The van der Waals surface area contributed by atoms with Crippen LogP contribution in [-0.2, 0) is 17.8 Å². The molecule has 0 N–H and O–H groups in total. The first-order valence-electron chi connectivity index (χ1n) is 15.0. The second-order valence-electron chi connectivity index (χ2n) is 12.7. The molecule has 3 aliphatic rings. The zero-order chi connectivity index (χ0) is 29.6. The molecule has 8 nitrogen and oxygen atoms in total. The molecule has 1 aromatic heterocycles. The van der Waals surface area contributed by atoms with E-state index < -0.39 is 11.7 Å². The monoisotopic (exact) mass is 572 g/mol. The van der Waals surface area contributed by atoms with Gasteiger partial charge in [-0.05, 0) is 57.6 Å². The lowest BCUT2D eigenvalue weighted by atomic mass is 9.94. The summed E-state index contributed by atoms with van der Waals surface area (Å²) < 4.78 is 19.8. The summed E-state index contributed by atoms with van der Waals surface area (Å²) in [4.78, 5) is 30.7. The van der Waals surface area contributed by atoms with E-state index in [4.69, 9.17) is 14.7 Å². The number of rotatable bonds is 6. The third kappa shape index (κ3) is 5.42. The molecule has 1 amide bonds. The molecule has 9 heteroatoms. The van der Waals surface area contributed by atoms with E-state index in [1.165, 1.54) is 26.9 Å². The van der Waals surface area contributed by atoms with Crippen LogP contribution in [0.2, 0.25) is 0 Å². The van der Waals surface area contributed by atoms with Gasteiger partial charge in [-0.15, -0.1) is 0 Å². The number of amides is 1. The topological polar surface area (TPSA) is 65.0 Å². The Hall–Kier alpha value is -3.72. The van der Waals surface area contributed by atoms with Crippen LogP contribution in [0.1, 0.15) is 44.0 Å². The van der Waals surface area contributed by atoms with Gasteiger partial charge in [0.05, 0.1) is 12.2 Å². The first kappa shape index (κ1) is 28.4. The molecule has 42 heavy (non-hydrogen) atoms. The second-order valence-corrected chi connectivity index (χ2v) is 12.7. The molecule has 2 aromatic carbocycles. The van der Waals surface area contributed by atoms with Crippen molar-refractivity contribution in [1.29, 1.82) is 0 Å². The Labute approximate surface area is 247 Å². The van der Waals surface area contributed by atoms with Gasteiger partial charge >= 0.3 is 6.01 Å². The fourth-order valence-corrected chi connectivity index (χ4v) is 6.65. The number of piperazine rings is 1. The fourth-order valence-electron chi connectivity index (χ4n) is 6.65. The van der Waals surface area contributed by atoms with Crippen molar-refractivity contribution in [2.45, 2.75) is 58.7 Å². The van der Waals surface area contributed by atoms with Crippen molar-refractivity contribution in [1.82, 2.24) is 19.8 Å². The molecular weight excluding hydrogens is 531 g/mol. The molecule has 222 valence electrons. The van der Waals surface area contributed by atoms with Crippen molar-refractivity contribution in [2.75, 3.05) is 55.7 Å². The molecule has 2 saturated heterocycles. The molecule has 4 heterocycles. The average Bonchev–Trinajstić information content (AvgIpc) is 2.94. The van der Waals surface area contributed by atoms with Crippen LogP contribution in [-0.4, -0.2) is 83.1 Å². The number of anilines is 2. The van der Waals surface area contributed by atoms with Gasteiger partial charge < -0.3 is 19.4 Å². The number of hydrogen-bond acceptors (Lipinski definition) is 7. The third-order valence-electron chi connectivity index (χ3n) is 8.96. The van der Waals surface area contributed by atoms with Crippen molar-refractivity contribution in [2.24, 2.45) is 0 Å². The quantitative estimate of drug-likeness (QED) is 0.390. The number of fused-ring (bicyclic) bond motifs is 2. The Kier molecular flexibility index (Phi) is 7.55. The van der Waals surface area contributed by atoms with E-state index in [-0.39, 0.29) is 5.54 Å². The minimum absolute atomic E-state index is 0.0905. The van der Waals surface area contributed by atoms with E-state index >= 15 is 0 Å². The first-order chi connectivity index (χ1) is 20.1. The number of aromatic nitrogens is 2. The summed E-state index contributed by atoms with van der Waals surface area (Å²) in [6, 6.07) is 13.7. The van der Waals surface area contributed by atoms with Gasteiger partial charge in [-0.25, -0.2) is 4.39 Å². The van der Waals surface area contributed by atoms with E-state index in [2.05, 4.69) is 85.4 Å². The number of halogens is 1. The largest absolute Gasteiger partial charge is 0.462 e. The fraction of sp³-hybridized carbons (Fsp3) is 0.485. The van der Waals surface area contributed by atoms with Gasteiger partial charge in [0.25, 0.3) is 5.91 Å². The summed E-state index contributed by atoms with van der Waals surface area (Å²) in [5.74, 6) is -0.674. The summed E-state index contributed by atoms with van der Waals surface area (Å²) in [7, 11) is 0. The average molecular weight is 573 g/mol. The number of aryl methyl sites for hydroxylation is 1. The van der Waals surface area contributed by atoms with Crippen molar-refractivity contribution >= 4 is 28.2 Å². The van der Waals surface area contributed by atoms with Gasteiger partial charge in [-0.3, -0.25) is 9.69 Å². The molecule has 2 fully saturated rings. The Morgan fingerprint density at radius 1 is 1.02 bits per heavy atom. The molecular formula is C33H41FN6O2. The minimum atomic E-state index is -0.914. The molecule has 0 spiro atoms. The predicted molar refractivity (Wildman–Crippen MR) is 165 cm³/mol.